The highest BCUT2D eigenvalue weighted by Crippen LogP contribution is 2.22. The quantitative estimate of drug-likeness (QED) is 0.717. The van der Waals surface area contributed by atoms with Gasteiger partial charge >= 0.3 is 0 Å². The van der Waals surface area contributed by atoms with E-state index in [1.54, 1.807) is 0 Å². The Labute approximate surface area is 92.4 Å². The molecule has 4 heteroatoms. The second-order valence-corrected chi connectivity index (χ2v) is 4.22. The molecule has 0 bridgehead atoms. The van der Waals surface area contributed by atoms with Crippen LogP contribution in [0.2, 0.25) is 0 Å². The third-order valence-corrected chi connectivity index (χ3v) is 3.30. The van der Waals surface area contributed by atoms with Gasteiger partial charge in [0.1, 0.15) is 0 Å². The van der Waals surface area contributed by atoms with E-state index < -0.39 is 0 Å². The Morgan fingerprint density at radius 2 is 1.57 bits per heavy atom. The Morgan fingerprint density at radius 3 is 2.14 bits per heavy atom. The fourth-order valence-electron chi connectivity index (χ4n) is 2.41. The molecule has 0 atom stereocenters. The zero-order valence-corrected chi connectivity index (χ0v) is 9.47. The molecule has 0 aromatic heterocycles. The van der Waals surface area contributed by atoms with Crippen LogP contribution in [-0.2, 0) is 4.74 Å². The maximum Gasteiger partial charge on any atom is 0.0594 e. The molecule has 3 nitrogen and oxygen atoms in total. The molecule has 0 unspecified atom stereocenters. The van der Waals surface area contributed by atoms with Crippen LogP contribution in [-0.4, -0.2) is 43.3 Å². The fraction of sp³-hybridized carbons (Fsp3) is 1.00. The summed E-state index contributed by atoms with van der Waals surface area (Å²) in [5, 5.41) is 0. The van der Waals surface area contributed by atoms with Crippen molar-refractivity contribution in [2.45, 2.75) is 37.8 Å². The van der Waals surface area contributed by atoms with E-state index in [0.717, 1.165) is 32.3 Å². The van der Waals surface area contributed by atoms with Crippen LogP contribution in [0.5, 0.6) is 0 Å². The van der Waals surface area contributed by atoms with Crippen molar-refractivity contribution >= 4 is 12.4 Å². The summed E-state index contributed by atoms with van der Waals surface area (Å²) in [6, 6.07) is 1.26. The average Bonchev–Trinajstić information content (AvgIpc) is 2.20. The number of nitrogens with two attached hydrogens (primary N) is 1. The Hall–Kier alpha value is 0.170. The first-order valence-corrected chi connectivity index (χ1v) is 5.43. The molecule has 14 heavy (non-hydrogen) atoms. The highest BCUT2D eigenvalue weighted by Gasteiger charge is 2.25. The Bertz CT molecular complexity index is 154. The molecule has 0 aromatic carbocycles. The van der Waals surface area contributed by atoms with E-state index in [4.69, 9.17) is 10.5 Å². The lowest BCUT2D eigenvalue weighted by atomic mass is 9.90. The number of nitrogens with zero attached hydrogens (tertiary/aromatic N) is 1. The predicted molar refractivity (Wildman–Crippen MR) is 59.9 cm³/mol. The zero-order chi connectivity index (χ0) is 9.10. The summed E-state index contributed by atoms with van der Waals surface area (Å²) in [7, 11) is 0. The van der Waals surface area contributed by atoms with Gasteiger partial charge < -0.3 is 10.5 Å². The molecular formula is C10H21ClN2O. The topological polar surface area (TPSA) is 38.5 Å². The largest absolute Gasteiger partial charge is 0.379 e. The second-order valence-electron chi connectivity index (χ2n) is 4.22. The van der Waals surface area contributed by atoms with E-state index in [1.807, 2.05) is 0 Å². The van der Waals surface area contributed by atoms with Crippen LogP contribution in [0.1, 0.15) is 25.7 Å². The van der Waals surface area contributed by atoms with Crippen LogP contribution in [0.15, 0.2) is 0 Å². The SMILES string of the molecule is Cl.N[C@H]1CC[C@H](N2CCOCC2)CC1. The Morgan fingerprint density at radius 1 is 1.00 bits per heavy atom. The van der Waals surface area contributed by atoms with Crippen molar-refractivity contribution in [3.8, 4) is 0 Å². The molecule has 1 aliphatic carbocycles. The zero-order valence-electron chi connectivity index (χ0n) is 8.65. The minimum Gasteiger partial charge on any atom is -0.379 e. The van der Waals surface area contributed by atoms with Crippen LogP contribution in [0.3, 0.4) is 0 Å². The minimum atomic E-state index is 0. The van der Waals surface area contributed by atoms with Gasteiger partial charge in [-0.05, 0) is 25.7 Å². The van der Waals surface area contributed by atoms with E-state index in [2.05, 4.69) is 4.90 Å². The molecule has 2 aliphatic rings. The van der Waals surface area contributed by atoms with Gasteiger partial charge in [0.05, 0.1) is 13.2 Å². The van der Waals surface area contributed by atoms with Crippen molar-refractivity contribution in [1.29, 1.82) is 0 Å². The Balaban J connectivity index is 0.000000980. The van der Waals surface area contributed by atoms with Crippen molar-refractivity contribution in [1.82, 2.24) is 4.90 Å². The smallest absolute Gasteiger partial charge is 0.0594 e. The minimum absolute atomic E-state index is 0. The molecule has 1 heterocycles. The summed E-state index contributed by atoms with van der Waals surface area (Å²) in [5.74, 6) is 0. The van der Waals surface area contributed by atoms with Crippen molar-refractivity contribution in [2.24, 2.45) is 5.73 Å². The van der Waals surface area contributed by atoms with E-state index in [0.29, 0.717) is 6.04 Å². The van der Waals surface area contributed by atoms with Crippen molar-refractivity contribution in [3.05, 3.63) is 0 Å². The first-order valence-electron chi connectivity index (χ1n) is 5.43. The normalized spacial score (nSPS) is 34.9. The standard InChI is InChI=1S/C10H20N2O.ClH/c11-9-1-3-10(4-2-9)12-5-7-13-8-6-12;/h9-10H,1-8,11H2;1H/t9-,10-;. The summed E-state index contributed by atoms with van der Waals surface area (Å²) < 4.78 is 5.35. The molecule has 1 aliphatic heterocycles. The number of halogens is 1. The first kappa shape index (κ1) is 12.2. The van der Waals surface area contributed by atoms with Crippen LogP contribution in [0.4, 0.5) is 0 Å². The number of morpholine rings is 1. The summed E-state index contributed by atoms with van der Waals surface area (Å²) in [5.41, 5.74) is 5.88. The van der Waals surface area contributed by atoms with Gasteiger partial charge in [0.15, 0.2) is 0 Å². The van der Waals surface area contributed by atoms with E-state index in [9.17, 15) is 0 Å². The van der Waals surface area contributed by atoms with E-state index in [-0.39, 0.29) is 12.4 Å². The maximum atomic E-state index is 5.88. The molecule has 1 saturated heterocycles. The summed E-state index contributed by atoms with van der Waals surface area (Å²) in [4.78, 5) is 2.58. The molecule has 0 spiro atoms. The van der Waals surface area contributed by atoms with Gasteiger partial charge in [-0.2, -0.15) is 0 Å². The Kier molecular flexibility index (Phi) is 5.17. The van der Waals surface area contributed by atoms with Gasteiger partial charge in [-0.25, -0.2) is 0 Å². The third-order valence-electron chi connectivity index (χ3n) is 3.30. The van der Waals surface area contributed by atoms with E-state index >= 15 is 0 Å². The lowest BCUT2D eigenvalue weighted by molar-refractivity contribution is 0.00749. The maximum absolute atomic E-state index is 5.88. The molecule has 0 amide bonds. The van der Waals surface area contributed by atoms with Crippen LogP contribution < -0.4 is 5.73 Å². The van der Waals surface area contributed by atoms with Crippen molar-refractivity contribution < 1.29 is 4.74 Å². The molecule has 2 fully saturated rings. The van der Waals surface area contributed by atoms with Crippen LogP contribution in [0, 0.1) is 0 Å². The van der Waals surface area contributed by atoms with Gasteiger partial charge in [-0.1, -0.05) is 0 Å². The summed E-state index contributed by atoms with van der Waals surface area (Å²) >= 11 is 0. The summed E-state index contributed by atoms with van der Waals surface area (Å²) in [6.07, 6.45) is 5.01. The number of rotatable bonds is 1. The fourth-order valence-corrected chi connectivity index (χ4v) is 2.41. The number of hydrogen-bond acceptors (Lipinski definition) is 3. The molecular weight excluding hydrogens is 200 g/mol. The average molecular weight is 221 g/mol. The monoisotopic (exact) mass is 220 g/mol. The van der Waals surface area contributed by atoms with Crippen molar-refractivity contribution in [3.63, 3.8) is 0 Å². The van der Waals surface area contributed by atoms with Gasteiger partial charge in [-0.15, -0.1) is 12.4 Å². The van der Waals surface area contributed by atoms with Gasteiger partial charge in [0.25, 0.3) is 0 Å². The highest BCUT2D eigenvalue weighted by atomic mass is 35.5. The molecule has 0 radical (unpaired) electrons. The molecule has 0 aromatic rings. The third kappa shape index (κ3) is 3.09. The molecule has 84 valence electrons. The first-order chi connectivity index (χ1) is 6.36. The van der Waals surface area contributed by atoms with E-state index in [1.165, 1.54) is 25.7 Å². The molecule has 1 saturated carbocycles. The van der Waals surface area contributed by atoms with Crippen molar-refractivity contribution in [2.75, 3.05) is 26.3 Å². The van der Waals surface area contributed by atoms with Crippen LogP contribution >= 0.6 is 12.4 Å². The molecule has 2 rings (SSSR count). The van der Waals surface area contributed by atoms with Gasteiger partial charge in [0, 0.05) is 25.2 Å². The second kappa shape index (κ2) is 5.91. The highest BCUT2D eigenvalue weighted by molar-refractivity contribution is 5.85. The predicted octanol–water partition coefficient (Wildman–Crippen LogP) is 1.01. The number of ether oxygens (including phenoxy) is 1. The lowest BCUT2D eigenvalue weighted by Crippen LogP contribution is -2.46. The molecule has 2 N–H and O–H groups in total. The summed E-state index contributed by atoms with van der Waals surface area (Å²) in [6.45, 7) is 4.09. The number of hydrogen-bond donors (Lipinski definition) is 1. The van der Waals surface area contributed by atoms with Gasteiger partial charge in [0.2, 0.25) is 0 Å². The lowest BCUT2D eigenvalue weighted by Gasteiger charge is -2.38. The van der Waals surface area contributed by atoms with Gasteiger partial charge in [-0.3, -0.25) is 4.90 Å². The van der Waals surface area contributed by atoms with Crippen LogP contribution in [0.25, 0.3) is 0 Å².